The summed E-state index contributed by atoms with van der Waals surface area (Å²) in [6.07, 6.45) is 1.97. The van der Waals surface area contributed by atoms with Crippen molar-refractivity contribution < 1.29 is 14.3 Å². The SMILES string of the molecule is CC(C)(C)OC(=O)N1CCc2c(cccc2-c2cc(Cl)ccc2N=C=O)C1. The molecule has 0 bridgehead atoms. The summed E-state index contributed by atoms with van der Waals surface area (Å²) < 4.78 is 5.49. The van der Waals surface area contributed by atoms with Crippen molar-refractivity contribution in [2.24, 2.45) is 4.99 Å². The molecule has 1 aliphatic rings. The second kappa shape index (κ2) is 7.55. The van der Waals surface area contributed by atoms with E-state index in [0.29, 0.717) is 30.2 Å². The van der Waals surface area contributed by atoms with E-state index in [2.05, 4.69) is 4.99 Å². The maximum atomic E-state index is 12.4. The number of carbonyl (C=O) groups is 1. The van der Waals surface area contributed by atoms with Gasteiger partial charge in [-0.1, -0.05) is 29.8 Å². The molecule has 140 valence electrons. The molecule has 0 saturated heterocycles. The summed E-state index contributed by atoms with van der Waals surface area (Å²) in [5.74, 6) is 0. The minimum absolute atomic E-state index is 0.312. The first kappa shape index (κ1) is 19.2. The van der Waals surface area contributed by atoms with E-state index in [1.807, 2.05) is 39.0 Å². The standard InChI is InChI=1S/C21H21ClN2O3/c1-21(2,3)27-20(26)24-10-9-16-14(12-24)5-4-6-17(16)18-11-15(22)7-8-19(18)23-13-25/h4-8,11H,9-10,12H2,1-3H3. The highest BCUT2D eigenvalue weighted by molar-refractivity contribution is 6.31. The van der Waals surface area contributed by atoms with Gasteiger partial charge in [-0.25, -0.2) is 9.59 Å². The lowest BCUT2D eigenvalue weighted by atomic mass is 9.90. The molecule has 0 radical (unpaired) electrons. The van der Waals surface area contributed by atoms with Crippen molar-refractivity contribution in [1.29, 1.82) is 0 Å². The fourth-order valence-corrected chi connectivity index (χ4v) is 3.39. The molecule has 2 aromatic rings. The molecule has 0 N–H and O–H groups in total. The van der Waals surface area contributed by atoms with Crippen LogP contribution >= 0.6 is 11.6 Å². The van der Waals surface area contributed by atoms with Gasteiger partial charge < -0.3 is 9.64 Å². The van der Waals surface area contributed by atoms with Crippen LogP contribution < -0.4 is 0 Å². The first-order valence-electron chi connectivity index (χ1n) is 8.75. The first-order chi connectivity index (χ1) is 12.8. The minimum Gasteiger partial charge on any atom is -0.444 e. The highest BCUT2D eigenvalue weighted by Gasteiger charge is 2.27. The van der Waals surface area contributed by atoms with E-state index < -0.39 is 5.60 Å². The normalized spacial score (nSPS) is 13.6. The highest BCUT2D eigenvalue weighted by atomic mass is 35.5. The number of halogens is 1. The largest absolute Gasteiger partial charge is 0.444 e. The molecular formula is C21H21ClN2O3. The van der Waals surface area contributed by atoms with Crippen LogP contribution in [0.4, 0.5) is 10.5 Å². The van der Waals surface area contributed by atoms with Crippen LogP contribution in [0.5, 0.6) is 0 Å². The third-order valence-electron chi connectivity index (χ3n) is 4.33. The Hall–Kier alpha value is -2.62. The maximum absolute atomic E-state index is 12.4. The first-order valence-corrected chi connectivity index (χ1v) is 9.13. The summed E-state index contributed by atoms with van der Waals surface area (Å²) in [4.78, 5) is 28.7. The predicted octanol–water partition coefficient (Wildman–Crippen LogP) is 5.27. The molecule has 1 amide bonds. The number of rotatable bonds is 2. The van der Waals surface area contributed by atoms with Crippen LogP contribution in [0.3, 0.4) is 0 Å². The Kier molecular flexibility index (Phi) is 5.36. The average molecular weight is 385 g/mol. The topological polar surface area (TPSA) is 59.0 Å². The molecule has 2 aromatic carbocycles. The predicted molar refractivity (Wildman–Crippen MR) is 105 cm³/mol. The monoisotopic (exact) mass is 384 g/mol. The van der Waals surface area contributed by atoms with Crippen LogP contribution in [0.25, 0.3) is 11.1 Å². The lowest BCUT2D eigenvalue weighted by Crippen LogP contribution is -2.40. The molecule has 0 aromatic heterocycles. The highest BCUT2D eigenvalue weighted by Crippen LogP contribution is 2.37. The summed E-state index contributed by atoms with van der Waals surface area (Å²) in [5.41, 5.74) is 3.92. The van der Waals surface area contributed by atoms with Crippen LogP contribution in [0.1, 0.15) is 31.9 Å². The molecule has 0 spiro atoms. The van der Waals surface area contributed by atoms with Crippen molar-refractivity contribution in [1.82, 2.24) is 4.90 Å². The van der Waals surface area contributed by atoms with Crippen molar-refractivity contribution in [2.45, 2.75) is 39.3 Å². The van der Waals surface area contributed by atoms with Crippen molar-refractivity contribution in [2.75, 3.05) is 6.54 Å². The van der Waals surface area contributed by atoms with Gasteiger partial charge in [0.1, 0.15) is 5.60 Å². The number of benzene rings is 2. The molecule has 27 heavy (non-hydrogen) atoms. The smallest absolute Gasteiger partial charge is 0.410 e. The van der Waals surface area contributed by atoms with E-state index in [9.17, 15) is 9.59 Å². The fourth-order valence-electron chi connectivity index (χ4n) is 3.21. The Morgan fingerprint density at radius 3 is 2.70 bits per heavy atom. The number of hydrogen-bond donors (Lipinski definition) is 0. The Bertz CT molecular complexity index is 928. The third kappa shape index (κ3) is 4.38. The van der Waals surface area contributed by atoms with Crippen LogP contribution in [-0.2, 0) is 22.5 Å². The van der Waals surface area contributed by atoms with Crippen LogP contribution in [0.15, 0.2) is 41.4 Å². The molecule has 1 heterocycles. The summed E-state index contributed by atoms with van der Waals surface area (Å²) in [6, 6.07) is 11.1. The molecular weight excluding hydrogens is 364 g/mol. The number of ether oxygens (including phenoxy) is 1. The Morgan fingerprint density at radius 1 is 1.22 bits per heavy atom. The van der Waals surface area contributed by atoms with Gasteiger partial charge in [-0.05, 0) is 62.1 Å². The Balaban J connectivity index is 1.96. The van der Waals surface area contributed by atoms with Crippen LogP contribution in [-0.4, -0.2) is 29.2 Å². The van der Waals surface area contributed by atoms with Gasteiger partial charge in [0, 0.05) is 23.7 Å². The zero-order valence-electron chi connectivity index (χ0n) is 15.6. The van der Waals surface area contributed by atoms with Crippen molar-refractivity contribution in [3.8, 4) is 11.1 Å². The lowest BCUT2D eigenvalue weighted by molar-refractivity contribution is 0.0224. The molecule has 0 fully saturated rings. The molecule has 3 rings (SSSR count). The van der Waals surface area contributed by atoms with Gasteiger partial charge in [0.2, 0.25) is 6.08 Å². The van der Waals surface area contributed by atoms with E-state index in [-0.39, 0.29) is 6.09 Å². The second-order valence-corrected chi connectivity index (χ2v) is 7.90. The fraction of sp³-hybridized carbons (Fsp3) is 0.333. The molecule has 0 atom stereocenters. The molecule has 5 nitrogen and oxygen atoms in total. The van der Waals surface area contributed by atoms with Crippen LogP contribution in [0.2, 0.25) is 5.02 Å². The zero-order valence-corrected chi connectivity index (χ0v) is 16.3. The number of amides is 1. The molecule has 1 aliphatic heterocycles. The van der Waals surface area contributed by atoms with Gasteiger partial charge in [-0.3, -0.25) is 0 Å². The van der Waals surface area contributed by atoms with Crippen molar-refractivity contribution in [3.05, 3.63) is 52.5 Å². The number of isocyanates is 1. The molecule has 6 heteroatoms. The summed E-state index contributed by atoms with van der Waals surface area (Å²) in [7, 11) is 0. The minimum atomic E-state index is -0.526. The lowest BCUT2D eigenvalue weighted by Gasteiger charge is -2.32. The average Bonchev–Trinajstić information content (AvgIpc) is 2.61. The summed E-state index contributed by atoms with van der Waals surface area (Å²) in [5, 5.41) is 0.568. The number of nitrogens with zero attached hydrogens (tertiary/aromatic N) is 2. The van der Waals surface area contributed by atoms with Gasteiger partial charge >= 0.3 is 6.09 Å². The second-order valence-electron chi connectivity index (χ2n) is 7.46. The van der Waals surface area contributed by atoms with E-state index in [4.69, 9.17) is 16.3 Å². The van der Waals surface area contributed by atoms with Crippen molar-refractivity contribution >= 4 is 29.5 Å². The van der Waals surface area contributed by atoms with Gasteiger partial charge in [0.15, 0.2) is 0 Å². The number of hydrogen-bond acceptors (Lipinski definition) is 4. The quantitative estimate of drug-likeness (QED) is 0.523. The third-order valence-corrected chi connectivity index (χ3v) is 4.57. The molecule has 0 aliphatic carbocycles. The molecule has 0 saturated carbocycles. The number of carbonyl (C=O) groups excluding carboxylic acids is 2. The van der Waals surface area contributed by atoms with E-state index >= 15 is 0 Å². The van der Waals surface area contributed by atoms with Crippen molar-refractivity contribution in [3.63, 3.8) is 0 Å². The zero-order chi connectivity index (χ0) is 19.6. The van der Waals surface area contributed by atoms with E-state index in [1.165, 1.54) is 0 Å². The van der Waals surface area contributed by atoms with Gasteiger partial charge in [-0.2, -0.15) is 4.99 Å². The van der Waals surface area contributed by atoms with Crippen LogP contribution in [0, 0.1) is 0 Å². The summed E-state index contributed by atoms with van der Waals surface area (Å²) >= 11 is 6.17. The summed E-state index contributed by atoms with van der Waals surface area (Å²) in [6.45, 7) is 6.61. The Morgan fingerprint density at radius 2 is 2.00 bits per heavy atom. The maximum Gasteiger partial charge on any atom is 0.410 e. The van der Waals surface area contributed by atoms with Gasteiger partial charge in [0.25, 0.3) is 0 Å². The molecule has 0 unspecified atom stereocenters. The van der Waals surface area contributed by atoms with Gasteiger partial charge in [-0.15, -0.1) is 0 Å². The van der Waals surface area contributed by atoms with Gasteiger partial charge in [0.05, 0.1) is 5.69 Å². The number of aliphatic imine (C=N–C) groups is 1. The van der Waals surface area contributed by atoms with E-state index in [1.54, 1.807) is 29.2 Å². The Labute approximate surface area is 163 Å². The van der Waals surface area contributed by atoms with E-state index in [0.717, 1.165) is 22.3 Å². The number of fused-ring (bicyclic) bond motifs is 1.